The Morgan fingerprint density at radius 3 is 2.26 bits per heavy atom. The molecule has 3 rings (SSSR count). The number of carbonyl (C=O) groups excluding carboxylic acids is 2. The molecule has 1 saturated carbocycles. The van der Waals surface area contributed by atoms with Crippen molar-refractivity contribution in [1.82, 2.24) is 0 Å². The summed E-state index contributed by atoms with van der Waals surface area (Å²) >= 11 is 0. The summed E-state index contributed by atoms with van der Waals surface area (Å²) in [6, 6.07) is 3.43. The van der Waals surface area contributed by atoms with Gasteiger partial charge in [-0.1, -0.05) is 6.92 Å². The fourth-order valence-electron chi connectivity index (χ4n) is 3.86. The van der Waals surface area contributed by atoms with Crippen LogP contribution in [-0.2, 0) is 14.3 Å². The van der Waals surface area contributed by atoms with Crippen molar-refractivity contribution in [3.05, 3.63) is 12.1 Å². The first kappa shape index (κ1) is 19.3. The fraction of sp³-hybridized carbons (Fsp3) is 0.600. The van der Waals surface area contributed by atoms with Crippen LogP contribution in [0.4, 0.5) is 5.69 Å². The molecule has 0 unspecified atom stereocenters. The van der Waals surface area contributed by atoms with Crippen molar-refractivity contribution in [1.29, 1.82) is 0 Å². The number of esters is 1. The van der Waals surface area contributed by atoms with Gasteiger partial charge in [-0.3, -0.25) is 9.59 Å². The summed E-state index contributed by atoms with van der Waals surface area (Å²) in [5.41, 5.74) is 0.610. The van der Waals surface area contributed by atoms with E-state index < -0.39 is 5.92 Å². The van der Waals surface area contributed by atoms with E-state index in [9.17, 15) is 9.59 Å². The summed E-state index contributed by atoms with van der Waals surface area (Å²) in [6.07, 6.45) is 3.03. The van der Waals surface area contributed by atoms with Crippen LogP contribution in [0.1, 0.15) is 32.6 Å². The quantitative estimate of drug-likeness (QED) is 0.710. The summed E-state index contributed by atoms with van der Waals surface area (Å²) < 4.78 is 21.7. The molecule has 2 aliphatic rings. The highest BCUT2D eigenvalue weighted by atomic mass is 16.5. The van der Waals surface area contributed by atoms with Gasteiger partial charge in [0.1, 0.15) is 6.10 Å². The normalized spacial score (nSPS) is 24.8. The molecule has 1 amide bonds. The predicted molar refractivity (Wildman–Crippen MR) is 99.5 cm³/mol. The molecule has 1 aliphatic heterocycles. The number of hydrogen-bond acceptors (Lipinski definition) is 6. The second-order valence-electron chi connectivity index (χ2n) is 7.27. The third kappa shape index (κ3) is 3.96. The molecule has 1 heterocycles. The van der Waals surface area contributed by atoms with Crippen LogP contribution in [0.25, 0.3) is 0 Å². The van der Waals surface area contributed by atoms with Crippen LogP contribution in [0, 0.1) is 11.8 Å². The molecule has 1 aromatic carbocycles. The minimum atomic E-state index is -0.451. The van der Waals surface area contributed by atoms with Gasteiger partial charge in [-0.2, -0.15) is 0 Å². The van der Waals surface area contributed by atoms with Gasteiger partial charge in [-0.05, 0) is 25.2 Å². The Bertz CT molecular complexity index is 693. The van der Waals surface area contributed by atoms with Gasteiger partial charge in [0.25, 0.3) is 0 Å². The summed E-state index contributed by atoms with van der Waals surface area (Å²) in [4.78, 5) is 26.6. The van der Waals surface area contributed by atoms with Gasteiger partial charge in [0.05, 0.1) is 32.9 Å². The molecular formula is C20H27NO6. The number of rotatable bonds is 6. The van der Waals surface area contributed by atoms with E-state index in [0.717, 1.165) is 19.3 Å². The van der Waals surface area contributed by atoms with Crippen LogP contribution < -0.4 is 19.1 Å². The molecule has 1 aliphatic carbocycles. The van der Waals surface area contributed by atoms with E-state index in [1.165, 1.54) is 21.3 Å². The first-order valence-electron chi connectivity index (χ1n) is 9.27. The Kier molecular flexibility index (Phi) is 5.77. The average molecular weight is 377 g/mol. The third-order valence-electron chi connectivity index (χ3n) is 5.35. The lowest BCUT2D eigenvalue weighted by atomic mass is 10.1. The van der Waals surface area contributed by atoms with Crippen molar-refractivity contribution in [2.24, 2.45) is 11.8 Å². The van der Waals surface area contributed by atoms with Gasteiger partial charge >= 0.3 is 5.97 Å². The summed E-state index contributed by atoms with van der Waals surface area (Å²) in [5.74, 6) is 1.12. The minimum absolute atomic E-state index is 0.0159. The maximum Gasteiger partial charge on any atom is 0.311 e. The third-order valence-corrected chi connectivity index (χ3v) is 5.35. The Morgan fingerprint density at radius 2 is 1.74 bits per heavy atom. The van der Waals surface area contributed by atoms with Gasteiger partial charge in [0.15, 0.2) is 11.5 Å². The van der Waals surface area contributed by atoms with E-state index in [1.807, 2.05) is 0 Å². The number of ether oxygens (including phenoxy) is 4. The molecule has 0 aromatic heterocycles. The van der Waals surface area contributed by atoms with Crippen molar-refractivity contribution in [2.75, 3.05) is 32.8 Å². The van der Waals surface area contributed by atoms with Crippen molar-refractivity contribution in [2.45, 2.75) is 38.7 Å². The van der Waals surface area contributed by atoms with Crippen LogP contribution in [0.3, 0.4) is 0 Å². The van der Waals surface area contributed by atoms with E-state index in [2.05, 4.69) is 6.92 Å². The monoisotopic (exact) mass is 377 g/mol. The lowest BCUT2D eigenvalue weighted by Gasteiger charge is -2.20. The first-order valence-corrected chi connectivity index (χ1v) is 9.27. The minimum Gasteiger partial charge on any atom is -0.493 e. The van der Waals surface area contributed by atoms with E-state index in [1.54, 1.807) is 17.0 Å². The highest BCUT2D eigenvalue weighted by molar-refractivity contribution is 6.00. The lowest BCUT2D eigenvalue weighted by Crippen LogP contribution is -2.28. The topological polar surface area (TPSA) is 74.3 Å². The van der Waals surface area contributed by atoms with E-state index in [4.69, 9.17) is 18.9 Å². The molecule has 2 fully saturated rings. The SMILES string of the molecule is COc1cc(N2C[C@H](C(=O)O[C@H]3CC[C@@H](C)C3)CC2=O)cc(OC)c1OC. The zero-order chi connectivity index (χ0) is 19.6. The lowest BCUT2D eigenvalue weighted by molar-refractivity contribution is -0.153. The van der Waals surface area contributed by atoms with Crippen LogP contribution in [0.5, 0.6) is 17.2 Å². The summed E-state index contributed by atoms with van der Waals surface area (Å²) in [7, 11) is 4.57. The molecule has 1 saturated heterocycles. The number of benzene rings is 1. The number of hydrogen-bond donors (Lipinski definition) is 0. The number of methoxy groups -OCH3 is 3. The Labute approximate surface area is 159 Å². The van der Waals surface area contributed by atoms with Gasteiger partial charge in [0, 0.05) is 25.1 Å². The smallest absolute Gasteiger partial charge is 0.311 e. The second-order valence-corrected chi connectivity index (χ2v) is 7.27. The molecule has 148 valence electrons. The van der Waals surface area contributed by atoms with Gasteiger partial charge in [0.2, 0.25) is 11.7 Å². The second kappa shape index (κ2) is 8.06. The molecule has 27 heavy (non-hydrogen) atoms. The number of amides is 1. The zero-order valence-electron chi connectivity index (χ0n) is 16.3. The highest BCUT2D eigenvalue weighted by Crippen LogP contribution is 2.42. The van der Waals surface area contributed by atoms with Crippen molar-refractivity contribution < 1.29 is 28.5 Å². The molecule has 0 radical (unpaired) electrons. The van der Waals surface area contributed by atoms with E-state index >= 15 is 0 Å². The van der Waals surface area contributed by atoms with Crippen LogP contribution in [0.2, 0.25) is 0 Å². The molecule has 0 bridgehead atoms. The Balaban J connectivity index is 1.74. The van der Waals surface area contributed by atoms with Gasteiger partial charge < -0.3 is 23.8 Å². The van der Waals surface area contributed by atoms with Crippen LogP contribution in [-0.4, -0.2) is 45.9 Å². The summed E-state index contributed by atoms with van der Waals surface area (Å²) in [5, 5.41) is 0. The van der Waals surface area contributed by atoms with E-state index in [-0.39, 0.29) is 24.4 Å². The van der Waals surface area contributed by atoms with E-state index in [0.29, 0.717) is 35.4 Å². The van der Waals surface area contributed by atoms with Crippen LogP contribution >= 0.6 is 0 Å². The standard InChI is InChI=1S/C20H27NO6/c1-12-5-6-15(7-12)27-20(23)13-8-18(22)21(11-13)14-9-16(24-2)19(26-4)17(10-14)25-3/h9-10,12-13,15H,5-8,11H2,1-4H3/t12-,13-,15+/m1/s1. The number of carbonyl (C=O) groups is 2. The maximum atomic E-state index is 12.5. The van der Waals surface area contributed by atoms with Crippen LogP contribution in [0.15, 0.2) is 12.1 Å². The zero-order valence-corrected chi connectivity index (χ0v) is 16.3. The van der Waals surface area contributed by atoms with Gasteiger partial charge in [-0.25, -0.2) is 0 Å². The molecule has 1 aromatic rings. The molecule has 7 heteroatoms. The maximum absolute atomic E-state index is 12.5. The molecule has 7 nitrogen and oxygen atoms in total. The largest absolute Gasteiger partial charge is 0.493 e. The average Bonchev–Trinajstić information content (AvgIpc) is 3.25. The molecular weight excluding hydrogens is 350 g/mol. The van der Waals surface area contributed by atoms with Crippen molar-refractivity contribution in [3.8, 4) is 17.2 Å². The first-order chi connectivity index (χ1) is 13.0. The molecule has 0 N–H and O–H groups in total. The van der Waals surface area contributed by atoms with Crippen molar-refractivity contribution in [3.63, 3.8) is 0 Å². The predicted octanol–water partition coefficient (Wildman–Crippen LogP) is 2.80. The van der Waals surface area contributed by atoms with Crippen molar-refractivity contribution >= 4 is 17.6 Å². The van der Waals surface area contributed by atoms with Gasteiger partial charge in [-0.15, -0.1) is 0 Å². The fourth-order valence-corrected chi connectivity index (χ4v) is 3.86. The number of nitrogens with zero attached hydrogens (tertiary/aromatic N) is 1. The summed E-state index contributed by atoms with van der Waals surface area (Å²) in [6.45, 7) is 2.46. The number of anilines is 1. The molecule has 0 spiro atoms. The Morgan fingerprint density at radius 1 is 1.07 bits per heavy atom. The highest BCUT2D eigenvalue weighted by Gasteiger charge is 2.38. The Hall–Kier alpha value is -2.44. The molecule has 3 atom stereocenters.